The molecule has 8 nitrogen and oxygen atoms in total. The van der Waals surface area contributed by atoms with Gasteiger partial charge < -0.3 is 20.1 Å². The summed E-state index contributed by atoms with van der Waals surface area (Å²) in [5.74, 6) is -2.89. The van der Waals surface area contributed by atoms with Crippen LogP contribution in [0.3, 0.4) is 0 Å². The number of aromatic nitrogens is 2. The molecule has 2 fully saturated rings. The molecule has 2 heterocycles. The first-order chi connectivity index (χ1) is 17.7. The van der Waals surface area contributed by atoms with Crippen molar-refractivity contribution in [2.45, 2.75) is 30.9 Å². The fraction of sp³-hybridized carbons (Fsp3) is 0.214. The highest BCUT2D eigenvalue weighted by atomic mass is 19.1. The number of aliphatic hydroxyl groups is 1. The second kappa shape index (κ2) is 8.35. The van der Waals surface area contributed by atoms with Crippen LogP contribution in [0, 0.1) is 11.7 Å². The zero-order valence-electron chi connectivity index (χ0n) is 19.5. The third-order valence-electron chi connectivity index (χ3n) is 7.04. The van der Waals surface area contributed by atoms with E-state index in [0.717, 1.165) is 0 Å². The number of carbonyl (C=O) groups is 2. The molecule has 9 heteroatoms. The Morgan fingerprint density at radius 2 is 1.86 bits per heavy atom. The average molecular weight is 499 g/mol. The summed E-state index contributed by atoms with van der Waals surface area (Å²) in [5.41, 5.74) is 0.737. The Hall–Kier alpha value is -4.37. The van der Waals surface area contributed by atoms with E-state index in [1.54, 1.807) is 53.2 Å². The second-order valence-electron chi connectivity index (χ2n) is 9.68. The summed E-state index contributed by atoms with van der Waals surface area (Å²) in [6.07, 6.45) is 4.24. The second-order valence-corrected chi connectivity index (χ2v) is 9.68. The van der Waals surface area contributed by atoms with Crippen molar-refractivity contribution in [2.24, 2.45) is 5.92 Å². The number of aliphatic carboxylic acids is 1. The Balaban J connectivity index is 1.41. The van der Waals surface area contributed by atoms with E-state index in [1.165, 1.54) is 12.3 Å². The van der Waals surface area contributed by atoms with Gasteiger partial charge in [0.05, 0.1) is 11.3 Å². The van der Waals surface area contributed by atoms with E-state index < -0.39 is 34.8 Å². The molecule has 2 atom stereocenters. The Morgan fingerprint density at radius 3 is 2.57 bits per heavy atom. The Labute approximate surface area is 210 Å². The highest BCUT2D eigenvalue weighted by Crippen LogP contribution is 2.48. The van der Waals surface area contributed by atoms with Gasteiger partial charge in [-0.1, -0.05) is 24.3 Å². The molecule has 3 N–H and O–H groups in total. The normalized spacial score (nSPS) is 19.4. The first-order valence-corrected chi connectivity index (χ1v) is 11.9. The number of amides is 1. The summed E-state index contributed by atoms with van der Waals surface area (Å²) in [5, 5.41) is 22.0. The maximum absolute atomic E-state index is 14.9. The van der Waals surface area contributed by atoms with Gasteiger partial charge in [0.1, 0.15) is 22.8 Å². The molecule has 0 aliphatic heterocycles. The number of hydrogen-bond donors (Lipinski definition) is 3. The first-order valence-electron chi connectivity index (χ1n) is 11.9. The molecule has 37 heavy (non-hydrogen) atoms. The summed E-state index contributed by atoms with van der Waals surface area (Å²) >= 11 is 0. The molecular weight excluding hydrogens is 477 g/mol. The Kier molecular flexibility index (Phi) is 5.20. The van der Waals surface area contributed by atoms with Crippen molar-refractivity contribution < 1.29 is 24.2 Å². The van der Waals surface area contributed by atoms with Crippen molar-refractivity contribution in [2.75, 3.05) is 0 Å². The molecule has 0 unspecified atom stereocenters. The molecule has 2 saturated carbocycles. The highest BCUT2D eigenvalue weighted by Gasteiger charge is 2.45. The van der Waals surface area contributed by atoms with E-state index >= 15 is 0 Å². The fourth-order valence-electron chi connectivity index (χ4n) is 4.70. The van der Waals surface area contributed by atoms with Crippen molar-refractivity contribution in [3.63, 3.8) is 0 Å². The number of benzene rings is 2. The highest BCUT2D eigenvalue weighted by molar-refractivity contribution is 5.97. The van der Waals surface area contributed by atoms with Crippen molar-refractivity contribution in [1.82, 2.24) is 14.9 Å². The largest absolute Gasteiger partial charge is 0.481 e. The third-order valence-corrected chi connectivity index (χ3v) is 7.04. The molecule has 0 saturated heterocycles. The number of hydrogen-bond acceptors (Lipinski definition) is 5. The molecule has 2 aliphatic rings. The summed E-state index contributed by atoms with van der Waals surface area (Å²) in [6.45, 7) is 0. The number of fused-ring (bicyclic) bond motifs is 1. The molecule has 186 valence electrons. The molecule has 4 aromatic rings. The van der Waals surface area contributed by atoms with Crippen molar-refractivity contribution in [3.8, 4) is 16.8 Å². The quantitative estimate of drug-likeness (QED) is 0.349. The summed E-state index contributed by atoms with van der Waals surface area (Å²) in [7, 11) is 0. The minimum absolute atomic E-state index is 0.126. The van der Waals surface area contributed by atoms with E-state index in [0.29, 0.717) is 47.3 Å². The molecular formula is C28H22FN3O5. The number of pyridine rings is 2. The molecule has 0 spiro atoms. The van der Waals surface area contributed by atoms with Gasteiger partial charge in [-0.05, 0) is 66.3 Å². The van der Waals surface area contributed by atoms with Crippen LogP contribution in [-0.4, -0.2) is 37.4 Å². The number of carboxylic acids is 1. The van der Waals surface area contributed by atoms with Gasteiger partial charge in [0, 0.05) is 24.0 Å². The zero-order chi connectivity index (χ0) is 25.9. The maximum atomic E-state index is 14.9. The van der Waals surface area contributed by atoms with Crippen LogP contribution in [0.2, 0.25) is 0 Å². The topological polar surface area (TPSA) is 122 Å². The molecule has 6 rings (SSSR count). The fourth-order valence-corrected chi connectivity index (χ4v) is 4.70. The van der Waals surface area contributed by atoms with Gasteiger partial charge in [-0.15, -0.1) is 0 Å². The van der Waals surface area contributed by atoms with Gasteiger partial charge >= 0.3 is 5.97 Å². The molecule has 0 radical (unpaired) electrons. The third kappa shape index (κ3) is 4.17. The van der Waals surface area contributed by atoms with Crippen LogP contribution in [-0.2, 0) is 4.79 Å². The van der Waals surface area contributed by atoms with Gasteiger partial charge in [0.15, 0.2) is 0 Å². The molecule has 2 aliphatic carbocycles. The smallest absolute Gasteiger partial charge is 0.307 e. The lowest BCUT2D eigenvalue weighted by Gasteiger charge is -2.15. The van der Waals surface area contributed by atoms with Crippen LogP contribution in [0.25, 0.3) is 27.8 Å². The molecule has 2 aromatic carbocycles. The Bertz CT molecular complexity index is 1660. The number of nitrogens with one attached hydrogen (secondary N) is 1. The summed E-state index contributed by atoms with van der Waals surface area (Å²) in [4.78, 5) is 41.5. The minimum Gasteiger partial charge on any atom is -0.481 e. The number of nitrogens with zero attached hydrogens (tertiary/aromatic N) is 2. The molecule has 0 bridgehead atoms. The zero-order valence-corrected chi connectivity index (χ0v) is 19.5. The first kappa shape index (κ1) is 23.1. The number of carboxylic acid groups (broad SMARTS) is 1. The molecule has 2 aromatic heterocycles. The SMILES string of the molecule is O=C(NC1(O)CC1)c1cn(-c2cccc(-c3ccc([C@@H]4C[C@H]4C(=O)O)c(F)c3)c2)c2ncccc2c1=O. The summed E-state index contributed by atoms with van der Waals surface area (Å²) in [6, 6.07) is 15.1. The van der Waals surface area contributed by atoms with Crippen molar-refractivity contribution >= 4 is 22.9 Å². The van der Waals surface area contributed by atoms with E-state index in [4.69, 9.17) is 5.11 Å². The predicted octanol–water partition coefficient (Wildman–Crippen LogP) is 3.59. The van der Waals surface area contributed by atoms with Crippen molar-refractivity contribution in [3.05, 3.63) is 94.2 Å². The molecule has 1 amide bonds. The average Bonchev–Trinajstić information content (AvgIpc) is 3.81. The lowest BCUT2D eigenvalue weighted by molar-refractivity contribution is -0.138. The Morgan fingerprint density at radius 1 is 1.08 bits per heavy atom. The predicted molar refractivity (Wildman–Crippen MR) is 133 cm³/mol. The van der Waals surface area contributed by atoms with E-state index in [2.05, 4.69) is 10.3 Å². The van der Waals surface area contributed by atoms with Crippen LogP contribution in [0.1, 0.15) is 41.1 Å². The summed E-state index contributed by atoms with van der Waals surface area (Å²) < 4.78 is 16.5. The van der Waals surface area contributed by atoms with Crippen molar-refractivity contribution in [1.29, 1.82) is 0 Å². The van der Waals surface area contributed by atoms with Gasteiger partial charge in [0.2, 0.25) is 5.43 Å². The monoisotopic (exact) mass is 499 g/mol. The number of carbonyl (C=O) groups excluding carboxylic acids is 1. The van der Waals surface area contributed by atoms with Gasteiger partial charge in [-0.2, -0.15) is 0 Å². The van der Waals surface area contributed by atoms with Crippen LogP contribution in [0.15, 0.2) is 71.8 Å². The lowest BCUT2D eigenvalue weighted by Crippen LogP contribution is -2.39. The van der Waals surface area contributed by atoms with Gasteiger partial charge in [0.25, 0.3) is 5.91 Å². The minimum atomic E-state index is -1.28. The standard InChI is InChI=1S/C28H22FN3O5/c29-23-12-16(6-7-18(23)20-13-21(20)27(35)36)15-3-1-4-17(11-15)32-14-22(26(34)31-28(37)8-9-28)24(33)19-5-2-10-30-25(19)32/h1-7,10-12,14,20-21,37H,8-9,13H2,(H,31,34)(H,35,36)/t20-,21+/m0/s1. The lowest BCUT2D eigenvalue weighted by atomic mass is 10.0. The van der Waals surface area contributed by atoms with Crippen LogP contribution < -0.4 is 10.7 Å². The van der Waals surface area contributed by atoms with Gasteiger partial charge in [-0.3, -0.25) is 14.4 Å². The van der Waals surface area contributed by atoms with Gasteiger partial charge in [-0.25, -0.2) is 9.37 Å². The van der Waals surface area contributed by atoms with Crippen LogP contribution >= 0.6 is 0 Å². The van der Waals surface area contributed by atoms with E-state index in [1.807, 2.05) is 6.07 Å². The van der Waals surface area contributed by atoms with E-state index in [9.17, 15) is 23.9 Å². The maximum Gasteiger partial charge on any atom is 0.307 e. The van der Waals surface area contributed by atoms with Crippen LogP contribution in [0.5, 0.6) is 0 Å². The number of halogens is 1. The van der Waals surface area contributed by atoms with Crippen LogP contribution in [0.4, 0.5) is 4.39 Å². The van der Waals surface area contributed by atoms with E-state index in [-0.39, 0.29) is 16.9 Å². The number of rotatable bonds is 6.